The largest absolute Gasteiger partial charge is 0.370 e. The van der Waals surface area contributed by atoms with Crippen molar-refractivity contribution in [1.82, 2.24) is 0 Å². The smallest absolute Gasteiger partial charge is 0.217 e. The highest BCUT2D eigenvalue weighted by Crippen LogP contribution is 2.06. The van der Waals surface area contributed by atoms with Crippen LogP contribution in [0, 0.1) is 0 Å². The molecule has 1 amide bonds. The zero-order chi connectivity index (χ0) is 10.8. The third-order valence-corrected chi connectivity index (χ3v) is 2.21. The summed E-state index contributed by atoms with van der Waals surface area (Å²) in [5.41, 5.74) is 4.94. The summed E-state index contributed by atoms with van der Waals surface area (Å²) >= 11 is 0. The Morgan fingerprint density at radius 2 is 1.57 bits per heavy atom. The molecule has 0 heterocycles. The summed E-state index contributed by atoms with van der Waals surface area (Å²) in [7, 11) is 0. The Morgan fingerprint density at radius 1 is 0.929 bits per heavy atom. The molecule has 82 valence electrons. The van der Waals surface area contributed by atoms with Crippen LogP contribution in [0.15, 0.2) is 0 Å². The number of amides is 1. The lowest BCUT2D eigenvalue weighted by Gasteiger charge is -1.99. The molecule has 0 aromatic rings. The number of primary amides is 1. The highest BCUT2D eigenvalue weighted by atomic mass is 16.1. The molecule has 0 aliphatic heterocycles. The minimum absolute atomic E-state index is 0.167. The van der Waals surface area contributed by atoms with Gasteiger partial charge in [-0.3, -0.25) is 9.59 Å². The number of rotatable bonds is 9. The van der Waals surface area contributed by atoms with Gasteiger partial charge in [-0.25, -0.2) is 0 Å². The Hall–Kier alpha value is -0.860. The molecule has 2 N–H and O–H groups in total. The van der Waals surface area contributed by atoms with Gasteiger partial charge in [0, 0.05) is 19.3 Å². The van der Waals surface area contributed by atoms with Gasteiger partial charge < -0.3 is 5.73 Å². The first-order chi connectivity index (χ1) is 6.66. The van der Waals surface area contributed by atoms with Crippen LogP contribution < -0.4 is 5.73 Å². The van der Waals surface area contributed by atoms with Gasteiger partial charge in [0.2, 0.25) is 5.91 Å². The number of carbonyl (C=O) groups excluding carboxylic acids is 2. The average molecular weight is 199 g/mol. The van der Waals surface area contributed by atoms with Crippen LogP contribution in [0.5, 0.6) is 0 Å². The Labute approximate surface area is 86.1 Å². The van der Waals surface area contributed by atoms with Gasteiger partial charge in [-0.2, -0.15) is 0 Å². The van der Waals surface area contributed by atoms with Crippen LogP contribution in [0.1, 0.15) is 58.3 Å². The van der Waals surface area contributed by atoms with Crippen LogP contribution in [0.25, 0.3) is 0 Å². The minimum Gasteiger partial charge on any atom is -0.370 e. The number of Topliss-reactive ketones (excluding diaryl/α,β-unsaturated/α-hetero) is 1. The molecule has 0 aromatic heterocycles. The van der Waals surface area contributed by atoms with E-state index in [-0.39, 0.29) is 18.1 Å². The SMILES string of the molecule is CCCCCCCC(=O)CCC(N)=O. The lowest BCUT2D eigenvalue weighted by molar-refractivity contribution is -0.123. The predicted octanol–water partition coefficient (Wildman–Crippen LogP) is 2.18. The molecule has 0 radical (unpaired) electrons. The van der Waals surface area contributed by atoms with Crippen LogP contribution in [0.2, 0.25) is 0 Å². The van der Waals surface area contributed by atoms with Gasteiger partial charge in [-0.05, 0) is 6.42 Å². The first-order valence-corrected chi connectivity index (χ1v) is 5.46. The van der Waals surface area contributed by atoms with Crippen LogP contribution in [0.4, 0.5) is 0 Å². The summed E-state index contributed by atoms with van der Waals surface area (Å²) in [6.45, 7) is 2.16. The fourth-order valence-electron chi connectivity index (χ4n) is 1.31. The van der Waals surface area contributed by atoms with Crippen LogP contribution >= 0.6 is 0 Å². The Kier molecular flexibility index (Phi) is 8.19. The molecule has 0 bridgehead atoms. The summed E-state index contributed by atoms with van der Waals surface area (Å²) in [5, 5.41) is 0. The lowest BCUT2D eigenvalue weighted by Crippen LogP contribution is -2.12. The van der Waals surface area contributed by atoms with Crippen molar-refractivity contribution in [3.63, 3.8) is 0 Å². The molecular formula is C11H21NO2. The van der Waals surface area contributed by atoms with E-state index < -0.39 is 0 Å². The van der Waals surface area contributed by atoms with Gasteiger partial charge in [0.05, 0.1) is 0 Å². The number of carbonyl (C=O) groups is 2. The lowest BCUT2D eigenvalue weighted by atomic mass is 10.1. The van der Waals surface area contributed by atoms with E-state index in [4.69, 9.17) is 5.73 Å². The summed E-state index contributed by atoms with van der Waals surface area (Å²) < 4.78 is 0. The van der Waals surface area contributed by atoms with Crippen molar-refractivity contribution in [2.45, 2.75) is 58.3 Å². The number of unbranched alkanes of at least 4 members (excludes halogenated alkanes) is 4. The van der Waals surface area contributed by atoms with Crippen LogP contribution in [-0.4, -0.2) is 11.7 Å². The third kappa shape index (κ3) is 9.23. The van der Waals surface area contributed by atoms with Crippen molar-refractivity contribution >= 4 is 11.7 Å². The van der Waals surface area contributed by atoms with Crippen molar-refractivity contribution in [2.24, 2.45) is 5.73 Å². The van der Waals surface area contributed by atoms with Gasteiger partial charge in [-0.15, -0.1) is 0 Å². The maximum atomic E-state index is 11.2. The Morgan fingerprint density at radius 3 is 2.14 bits per heavy atom. The second-order valence-electron chi connectivity index (χ2n) is 3.67. The number of hydrogen-bond acceptors (Lipinski definition) is 2. The molecule has 0 fully saturated rings. The second kappa shape index (κ2) is 8.73. The van der Waals surface area contributed by atoms with E-state index >= 15 is 0 Å². The first-order valence-electron chi connectivity index (χ1n) is 5.46. The van der Waals surface area contributed by atoms with E-state index in [0.29, 0.717) is 12.8 Å². The highest BCUT2D eigenvalue weighted by molar-refractivity contribution is 5.84. The molecule has 0 saturated carbocycles. The maximum absolute atomic E-state index is 11.2. The number of ketones is 1. The summed E-state index contributed by atoms with van der Waals surface area (Å²) in [6.07, 6.45) is 6.88. The van der Waals surface area contributed by atoms with E-state index in [0.717, 1.165) is 12.8 Å². The van der Waals surface area contributed by atoms with Gasteiger partial charge in [-0.1, -0.05) is 32.6 Å². The molecule has 14 heavy (non-hydrogen) atoms. The fraction of sp³-hybridized carbons (Fsp3) is 0.818. The van der Waals surface area contributed by atoms with Gasteiger partial charge in [0.15, 0.2) is 0 Å². The maximum Gasteiger partial charge on any atom is 0.217 e. The summed E-state index contributed by atoms with van der Waals surface area (Å²) in [4.78, 5) is 21.6. The third-order valence-electron chi connectivity index (χ3n) is 2.21. The molecule has 0 rings (SSSR count). The quantitative estimate of drug-likeness (QED) is 0.578. The normalized spacial score (nSPS) is 10.1. The summed E-state index contributed by atoms with van der Waals surface area (Å²) in [5.74, 6) is -0.218. The zero-order valence-corrected chi connectivity index (χ0v) is 9.05. The predicted molar refractivity (Wildman–Crippen MR) is 56.8 cm³/mol. The highest BCUT2D eigenvalue weighted by Gasteiger charge is 2.03. The molecular weight excluding hydrogens is 178 g/mol. The molecule has 0 aromatic carbocycles. The van der Waals surface area contributed by atoms with Gasteiger partial charge in [0.25, 0.3) is 0 Å². The average Bonchev–Trinajstić information content (AvgIpc) is 2.14. The van der Waals surface area contributed by atoms with Crippen molar-refractivity contribution in [1.29, 1.82) is 0 Å². The first kappa shape index (κ1) is 13.1. The van der Waals surface area contributed by atoms with Crippen molar-refractivity contribution in [3.8, 4) is 0 Å². The standard InChI is InChI=1S/C11H21NO2/c1-2-3-4-5-6-7-10(13)8-9-11(12)14/h2-9H2,1H3,(H2,12,14). The van der Waals surface area contributed by atoms with E-state index in [1.165, 1.54) is 19.3 Å². The van der Waals surface area contributed by atoms with E-state index in [2.05, 4.69) is 6.92 Å². The molecule has 3 nitrogen and oxygen atoms in total. The molecule has 0 saturated heterocycles. The van der Waals surface area contributed by atoms with Gasteiger partial charge in [0.1, 0.15) is 5.78 Å². The van der Waals surface area contributed by atoms with Crippen LogP contribution in [0.3, 0.4) is 0 Å². The number of hydrogen-bond donors (Lipinski definition) is 1. The molecule has 0 aliphatic rings. The number of nitrogens with two attached hydrogens (primary N) is 1. The summed E-state index contributed by atoms with van der Waals surface area (Å²) in [6, 6.07) is 0. The topological polar surface area (TPSA) is 60.2 Å². The fourth-order valence-corrected chi connectivity index (χ4v) is 1.31. The van der Waals surface area contributed by atoms with E-state index in [1.807, 2.05) is 0 Å². The zero-order valence-electron chi connectivity index (χ0n) is 9.05. The van der Waals surface area contributed by atoms with Gasteiger partial charge >= 0.3 is 0 Å². The Bertz CT molecular complexity index is 178. The van der Waals surface area contributed by atoms with Crippen molar-refractivity contribution in [3.05, 3.63) is 0 Å². The van der Waals surface area contributed by atoms with Crippen molar-refractivity contribution in [2.75, 3.05) is 0 Å². The van der Waals surface area contributed by atoms with Crippen LogP contribution in [-0.2, 0) is 9.59 Å². The van der Waals surface area contributed by atoms with Crippen molar-refractivity contribution < 1.29 is 9.59 Å². The minimum atomic E-state index is -0.385. The van der Waals surface area contributed by atoms with E-state index in [1.54, 1.807) is 0 Å². The molecule has 0 atom stereocenters. The molecule has 0 unspecified atom stereocenters. The molecule has 3 heteroatoms. The second-order valence-corrected chi connectivity index (χ2v) is 3.67. The van der Waals surface area contributed by atoms with E-state index in [9.17, 15) is 9.59 Å². The monoisotopic (exact) mass is 199 g/mol. The molecule has 0 aliphatic carbocycles. The Balaban J connectivity index is 3.22. The molecule has 0 spiro atoms.